The van der Waals surface area contributed by atoms with E-state index in [-0.39, 0.29) is 18.6 Å². The van der Waals surface area contributed by atoms with Crippen molar-refractivity contribution in [3.63, 3.8) is 0 Å². The van der Waals surface area contributed by atoms with Crippen molar-refractivity contribution in [1.29, 1.82) is 0 Å². The minimum absolute atomic E-state index is 0.00248. The van der Waals surface area contributed by atoms with Crippen LogP contribution in [0.3, 0.4) is 0 Å². The van der Waals surface area contributed by atoms with Crippen LogP contribution in [-0.4, -0.2) is 42.3 Å². The second kappa shape index (κ2) is 5.41. The molecule has 0 aliphatic rings. The zero-order valence-corrected chi connectivity index (χ0v) is 9.98. The normalized spacial score (nSPS) is 12.3. The summed E-state index contributed by atoms with van der Waals surface area (Å²) in [5.74, 6) is 0.839. The van der Waals surface area contributed by atoms with E-state index >= 15 is 0 Å². The molecular weight excluding hydrogens is 234 g/mol. The van der Waals surface area contributed by atoms with Gasteiger partial charge in [-0.15, -0.1) is 0 Å². The quantitative estimate of drug-likeness (QED) is 0.673. The smallest absolute Gasteiger partial charge is 0.241 e. The molecular formula is C10H15N7O. The highest BCUT2D eigenvalue weighted by Crippen LogP contribution is 2.08. The first-order chi connectivity index (χ1) is 8.72. The maximum absolute atomic E-state index is 9.13. The summed E-state index contributed by atoms with van der Waals surface area (Å²) in [6.07, 6.45) is 5.65. The maximum Gasteiger partial charge on any atom is 0.241 e. The predicted octanol–water partition coefficient (Wildman–Crippen LogP) is -0.178. The van der Waals surface area contributed by atoms with Crippen LogP contribution in [0.2, 0.25) is 0 Å². The van der Waals surface area contributed by atoms with Crippen LogP contribution in [0.25, 0.3) is 5.95 Å². The average Bonchev–Trinajstić information content (AvgIpc) is 2.89. The summed E-state index contributed by atoms with van der Waals surface area (Å²) in [7, 11) is 0. The molecule has 0 spiro atoms. The van der Waals surface area contributed by atoms with E-state index in [0.717, 1.165) is 6.42 Å². The fourth-order valence-corrected chi connectivity index (χ4v) is 1.40. The van der Waals surface area contributed by atoms with Crippen LogP contribution in [0.15, 0.2) is 18.7 Å². The number of imidazole rings is 1. The molecule has 2 heterocycles. The van der Waals surface area contributed by atoms with Gasteiger partial charge in [0.2, 0.25) is 17.8 Å². The summed E-state index contributed by atoms with van der Waals surface area (Å²) in [6, 6.07) is -0.109. The SMILES string of the molecule is CCC(CO)Nc1nc(N)nc(-n2ccnc2)n1. The summed E-state index contributed by atoms with van der Waals surface area (Å²) in [4.78, 5) is 16.1. The van der Waals surface area contributed by atoms with Gasteiger partial charge in [0.15, 0.2) is 0 Å². The van der Waals surface area contributed by atoms with Gasteiger partial charge in [0.1, 0.15) is 6.33 Å². The summed E-state index contributed by atoms with van der Waals surface area (Å²) in [5.41, 5.74) is 5.63. The molecule has 8 heteroatoms. The fourth-order valence-electron chi connectivity index (χ4n) is 1.40. The number of aromatic nitrogens is 5. The van der Waals surface area contributed by atoms with Crippen LogP contribution >= 0.6 is 0 Å². The fraction of sp³-hybridized carbons (Fsp3) is 0.400. The molecule has 96 valence electrons. The van der Waals surface area contributed by atoms with Gasteiger partial charge in [0.25, 0.3) is 0 Å². The number of nitrogens with one attached hydrogen (secondary N) is 1. The van der Waals surface area contributed by atoms with E-state index in [9.17, 15) is 0 Å². The highest BCUT2D eigenvalue weighted by molar-refractivity contribution is 5.35. The first-order valence-electron chi connectivity index (χ1n) is 5.60. The Morgan fingerprint density at radius 3 is 2.89 bits per heavy atom. The van der Waals surface area contributed by atoms with Gasteiger partial charge in [-0.1, -0.05) is 6.92 Å². The van der Waals surface area contributed by atoms with Crippen molar-refractivity contribution >= 4 is 11.9 Å². The first-order valence-corrected chi connectivity index (χ1v) is 5.60. The molecule has 0 amide bonds. The van der Waals surface area contributed by atoms with Gasteiger partial charge in [-0.3, -0.25) is 4.57 Å². The average molecular weight is 249 g/mol. The van der Waals surface area contributed by atoms with Crippen molar-refractivity contribution < 1.29 is 5.11 Å². The van der Waals surface area contributed by atoms with Crippen molar-refractivity contribution in [2.24, 2.45) is 0 Å². The zero-order valence-electron chi connectivity index (χ0n) is 9.98. The Morgan fingerprint density at radius 1 is 1.44 bits per heavy atom. The lowest BCUT2D eigenvalue weighted by atomic mass is 10.2. The molecule has 0 saturated carbocycles. The zero-order chi connectivity index (χ0) is 13.0. The van der Waals surface area contributed by atoms with Crippen molar-refractivity contribution in [1.82, 2.24) is 24.5 Å². The molecule has 1 atom stereocenters. The van der Waals surface area contributed by atoms with Gasteiger partial charge in [0, 0.05) is 12.4 Å². The molecule has 2 aromatic rings. The van der Waals surface area contributed by atoms with Crippen LogP contribution in [0.1, 0.15) is 13.3 Å². The number of hydrogen-bond donors (Lipinski definition) is 3. The van der Waals surface area contributed by atoms with Crippen LogP contribution in [0.4, 0.5) is 11.9 Å². The number of rotatable bonds is 5. The summed E-state index contributed by atoms with van der Waals surface area (Å²) in [6.45, 7) is 1.96. The second-order valence-corrected chi connectivity index (χ2v) is 3.72. The van der Waals surface area contributed by atoms with Gasteiger partial charge in [-0.2, -0.15) is 15.0 Å². The van der Waals surface area contributed by atoms with E-state index < -0.39 is 0 Å². The molecule has 0 bridgehead atoms. The third-order valence-electron chi connectivity index (χ3n) is 2.42. The van der Waals surface area contributed by atoms with E-state index in [2.05, 4.69) is 25.3 Å². The maximum atomic E-state index is 9.13. The van der Waals surface area contributed by atoms with E-state index in [1.54, 1.807) is 23.3 Å². The Hall–Kier alpha value is -2.22. The van der Waals surface area contributed by atoms with E-state index in [1.807, 2.05) is 6.92 Å². The second-order valence-electron chi connectivity index (χ2n) is 3.72. The standard InChI is InChI=1S/C10H15N7O/c1-2-7(5-18)13-9-14-8(11)15-10(16-9)17-4-3-12-6-17/h3-4,6-7,18H,2,5H2,1H3,(H3,11,13,14,15,16). The minimum atomic E-state index is -0.109. The lowest BCUT2D eigenvalue weighted by Gasteiger charge is -2.14. The lowest BCUT2D eigenvalue weighted by Crippen LogP contribution is -2.24. The van der Waals surface area contributed by atoms with Crippen molar-refractivity contribution in [2.75, 3.05) is 17.7 Å². The number of aliphatic hydroxyl groups excluding tert-OH is 1. The number of nitrogens with two attached hydrogens (primary N) is 1. The van der Waals surface area contributed by atoms with Gasteiger partial charge in [0.05, 0.1) is 12.6 Å². The van der Waals surface area contributed by atoms with E-state index in [1.165, 1.54) is 0 Å². The van der Waals surface area contributed by atoms with Crippen molar-refractivity contribution in [3.8, 4) is 5.95 Å². The number of anilines is 2. The molecule has 2 rings (SSSR count). The Kier molecular flexibility index (Phi) is 3.68. The van der Waals surface area contributed by atoms with Crippen LogP contribution in [0, 0.1) is 0 Å². The molecule has 0 aliphatic carbocycles. The summed E-state index contributed by atoms with van der Waals surface area (Å²) in [5, 5.41) is 12.1. The predicted molar refractivity (Wildman–Crippen MR) is 66.1 cm³/mol. The minimum Gasteiger partial charge on any atom is -0.394 e. The van der Waals surface area contributed by atoms with Gasteiger partial charge < -0.3 is 16.2 Å². The van der Waals surface area contributed by atoms with E-state index in [4.69, 9.17) is 10.8 Å². The van der Waals surface area contributed by atoms with Crippen molar-refractivity contribution in [2.45, 2.75) is 19.4 Å². The molecule has 4 N–H and O–H groups in total. The van der Waals surface area contributed by atoms with Crippen molar-refractivity contribution in [3.05, 3.63) is 18.7 Å². The Labute approximate surface area is 104 Å². The summed E-state index contributed by atoms with van der Waals surface area (Å²) >= 11 is 0. The first kappa shape index (κ1) is 12.2. The summed E-state index contributed by atoms with van der Waals surface area (Å²) < 4.78 is 1.63. The number of nitrogen functional groups attached to an aromatic ring is 1. The molecule has 1 unspecified atom stereocenters. The van der Waals surface area contributed by atoms with Crippen LogP contribution in [-0.2, 0) is 0 Å². The molecule has 0 radical (unpaired) electrons. The van der Waals surface area contributed by atoms with Gasteiger partial charge in [-0.25, -0.2) is 4.98 Å². The highest BCUT2D eigenvalue weighted by Gasteiger charge is 2.10. The monoisotopic (exact) mass is 249 g/mol. The van der Waals surface area contributed by atoms with E-state index in [0.29, 0.717) is 11.9 Å². The number of aliphatic hydroxyl groups is 1. The number of hydrogen-bond acceptors (Lipinski definition) is 7. The van der Waals surface area contributed by atoms with Crippen LogP contribution in [0.5, 0.6) is 0 Å². The largest absolute Gasteiger partial charge is 0.394 e. The Morgan fingerprint density at radius 2 is 2.28 bits per heavy atom. The molecule has 0 aromatic carbocycles. The molecule has 0 aliphatic heterocycles. The van der Waals surface area contributed by atoms with Gasteiger partial charge in [-0.05, 0) is 6.42 Å². The van der Waals surface area contributed by atoms with Gasteiger partial charge >= 0.3 is 0 Å². The number of nitrogens with zero attached hydrogens (tertiary/aromatic N) is 5. The van der Waals surface area contributed by atoms with Crippen LogP contribution < -0.4 is 11.1 Å². The Bertz CT molecular complexity index is 495. The topological polar surface area (TPSA) is 115 Å². The molecule has 0 saturated heterocycles. The molecule has 0 fully saturated rings. The molecule has 2 aromatic heterocycles. The third-order valence-corrected chi connectivity index (χ3v) is 2.42. The lowest BCUT2D eigenvalue weighted by molar-refractivity contribution is 0.271. The highest BCUT2D eigenvalue weighted by atomic mass is 16.3. The molecule has 8 nitrogen and oxygen atoms in total. The molecule has 18 heavy (non-hydrogen) atoms. The Balaban J connectivity index is 2.27. The third kappa shape index (κ3) is 2.72.